The SMILES string of the molecule is CC1CCC(CO)CC1.c1cnccn1. The first kappa shape index (κ1) is 12.1. The highest BCUT2D eigenvalue weighted by atomic mass is 16.3. The van der Waals surface area contributed by atoms with E-state index < -0.39 is 0 Å². The van der Waals surface area contributed by atoms with Crippen molar-refractivity contribution >= 4 is 0 Å². The molecule has 1 aromatic heterocycles. The lowest BCUT2D eigenvalue weighted by atomic mass is 9.84. The normalized spacial score (nSPS) is 25.2. The third kappa shape index (κ3) is 5.47. The van der Waals surface area contributed by atoms with Gasteiger partial charge < -0.3 is 5.11 Å². The van der Waals surface area contributed by atoms with Crippen molar-refractivity contribution in [2.75, 3.05) is 6.61 Å². The highest BCUT2D eigenvalue weighted by Crippen LogP contribution is 2.27. The molecule has 84 valence electrons. The van der Waals surface area contributed by atoms with Gasteiger partial charge in [0.15, 0.2) is 0 Å². The molecule has 1 N–H and O–H groups in total. The number of aliphatic hydroxyl groups is 1. The van der Waals surface area contributed by atoms with Crippen LogP contribution in [0.2, 0.25) is 0 Å². The van der Waals surface area contributed by atoms with E-state index in [0.29, 0.717) is 12.5 Å². The van der Waals surface area contributed by atoms with Crippen molar-refractivity contribution in [3.63, 3.8) is 0 Å². The van der Waals surface area contributed by atoms with Gasteiger partial charge in [-0.3, -0.25) is 9.97 Å². The average Bonchev–Trinajstić information content (AvgIpc) is 2.33. The van der Waals surface area contributed by atoms with Crippen LogP contribution in [0.4, 0.5) is 0 Å². The Morgan fingerprint density at radius 3 is 1.80 bits per heavy atom. The summed E-state index contributed by atoms with van der Waals surface area (Å²) in [5, 5.41) is 8.78. The summed E-state index contributed by atoms with van der Waals surface area (Å²) in [6.45, 7) is 2.71. The quantitative estimate of drug-likeness (QED) is 0.770. The highest BCUT2D eigenvalue weighted by molar-refractivity contribution is 4.70. The van der Waals surface area contributed by atoms with Crippen LogP contribution in [-0.4, -0.2) is 21.7 Å². The Labute approximate surface area is 91.6 Å². The number of aromatic nitrogens is 2. The van der Waals surface area contributed by atoms with Crippen LogP contribution in [0.3, 0.4) is 0 Å². The van der Waals surface area contributed by atoms with Crippen LogP contribution in [0.5, 0.6) is 0 Å². The second kappa shape index (κ2) is 7.35. The number of rotatable bonds is 1. The van der Waals surface area contributed by atoms with E-state index in [1.54, 1.807) is 24.8 Å². The molecule has 1 fully saturated rings. The summed E-state index contributed by atoms with van der Waals surface area (Å²) in [7, 11) is 0. The second-order valence-electron chi connectivity index (χ2n) is 4.20. The molecule has 1 heterocycles. The molecular weight excluding hydrogens is 188 g/mol. The first-order valence-electron chi connectivity index (χ1n) is 5.63. The molecule has 1 aliphatic carbocycles. The Bertz CT molecular complexity index is 206. The predicted molar refractivity (Wildman–Crippen MR) is 60.2 cm³/mol. The zero-order valence-electron chi connectivity index (χ0n) is 9.34. The summed E-state index contributed by atoms with van der Waals surface area (Å²) in [4.78, 5) is 7.44. The van der Waals surface area contributed by atoms with Crippen LogP contribution in [0, 0.1) is 11.8 Å². The van der Waals surface area contributed by atoms with Gasteiger partial charge in [-0.1, -0.05) is 19.8 Å². The van der Waals surface area contributed by atoms with E-state index in [1.165, 1.54) is 25.7 Å². The van der Waals surface area contributed by atoms with Crippen molar-refractivity contribution in [3.05, 3.63) is 24.8 Å². The number of hydrogen-bond donors (Lipinski definition) is 1. The number of aliphatic hydroxyl groups excluding tert-OH is 1. The minimum Gasteiger partial charge on any atom is -0.396 e. The monoisotopic (exact) mass is 208 g/mol. The molecule has 1 aliphatic rings. The fourth-order valence-corrected chi connectivity index (χ4v) is 1.77. The van der Waals surface area contributed by atoms with E-state index >= 15 is 0 Å². The molecule has 3 heteroatoms. The molecule has 3 nitrogen and oxygen atoms in total. The van der Waals surface area contributed by atoms with Crippen molar-refractivity contribution in [2.45, 2.75) is 32.6 Å². The lowest BCUT2D eigenvalue weighted by Crippen LogP contribution is -2.14. The van der Waals surface area contributed by atoms with Crippen LogP contribution in [0.15, 0.2) is 24.8 Å². The van der Waals surface area contributed by atoms with Crippen molar-refractivity contribution in [2.24, 2.45) is 11.8 Å². The fourth-order valence-electron chi connectivity index (χ4n) is 1.77. The molecule has 0 unspecified atom stereocenters. The predicted octanol–water partition coefficient (Wildman–Crippen LogP) is 2.28. The van der Waals surface area contributed by atoms with Gasteiger partial charge in [-0.05, 0) is 24.7 Å². The maximum Gasteiger partial charge on any atom is 0.0459 e. The maximum atomic E-state index is 8.78. The van der Waals surface area contributed by atoms with Crippen LogP contribution in [0.1, 0.15) is 32.6 Å². The molecule has 0 saturated heterocycles. The molecule has 0 bridgehead atoms. The van der Waals surface area contributed by atoms with Gasteiger partial charge in [0.1, 0.15) is 0 Å². The van der Waals surface area contributed by atoms with Gasteiger partial charge in [-0.25, -0.2) is 0 Å². The molecule has 0 spiro atoms. The molecular formula is C12H20N2O. The molecule has 15 heavy (non-hydrogen) atoms. The minimum atomic E-state index is 0.409. The van der Waals surface area contributed by atoms with E-state index in [0.717, 1.165) is 5.92 Å². The van der Waals surface area contributed by atoms with E-state index in [4.69, 9.17) is 5.11 Å². The van der Waals surface area contributed by atoms with Gasteiger partial charge >= 0.3 is 0 Å². The van der Waals surface area contributed by atoms with E-state index in [1.807, 2.05) is 0 Å². The first-order valence-corrected chi connectivity index (χ1v) is 5.63. The first-order chi connectivity index (χ1) is 7.33. The van der Waals surface area contributed by atoms with Crippen LogP contribution >= 0.6 is 0 Å². The Morgan fingerprint density at radius 2 is 1.47 bits per heavy atom. The number of hydrogen-bond acceptors (Lipinski definition) is 3. The molecule has 0 aliphatic heterocycles. The van der Waals surface area contributed by atoms with E-state index in [2.05, 4.69) is 16.9 Å². The Morgan fingerprint density at radius 1 is 1.00 bits per heavy atom. The average molecular weight is 208 g/mol. The van der Waals surface area contributed by atoms with Gasteiger partial charge in [0.25, 0.3) is 0 Å². The Kier molecular flexibility index (Phi) is 5.93. The van der Waals surface area contributed by atoms with Gasteiger partial charge in [0, 0.05) is 31.4 Å². The molecule has 1 aromatic rings. The molecule has 2 rings (SSSR count). The van der Waals surface area contributed by atoms with Crippen LogP contribution < -0.4 is 0 Å². The van der Waals surface area contributed by atoms with Crippen molar-refractivity contribution in [1.29, 1.82) is 0 Å². The fraction of sp³-hybridized carbons (Fsp3) is 0.667. The van der Waals surface area contributed by atoms with E-state index in [9.17, 15) is 0 Å². The lowest BCUT2D eigenvalue weighted by Gasteiger charge is -2.23. The molecule has 0 amide bonds. The smallest absolute Gasteiger partial charge is 0.0459 e. The minimum absolute atomic E-state index is 0.409. The summed E-state index contributed by atoms with van der Waals surface area (Å²) in [5.74, 6) is 1.54. The van der Waals surface area contributed by atoms with Crippen molar-refractivity contribution < 1.29 is 5.11 Å². The summed E-state index contributed by atoms with van der Waals surface area (Å²) in [6, 6.07) is 0. The van der Waals surface area contributed by atoms with Gasteiger partial charge in [0.05, 0.1) is 0 Å². The summed E-state index contributed by atoms with van der Waals surface area (Å²) in [5.41, 5.74) is 0. The van der Waals surface area contributed by atoms with E-state index in [-0.39, 0.29) is 0 Å². The largest absolute Gasteiger partial charge is 0.396 e. The molecule has 0 atom stereocenters. The summed E-state index contributed by atoms with van der Waals surface area (Å²) < 4.78 is 0. The lowest BCUT2D eigenvalue weighted by molar-refractivity contribution is 0.172. The maximum absolute atomic E-state index is 8.78. The second-order valence-corrected chi connectivity index (χ2v) is 4.20. The zero-order chi connectivity index (χ0) is 10.9. The standard InChI is InChI=1S/C8H16O.C4H4N2/c1-7-2-4-8(6-9)5-3-7;1-2-6-4-3-5-1/h7-9H,2-6H2,1H3;1-4H. The summed E-state index contributed by atoms with van der Waals surface area (Å²) in [6.07, 6.45) is 11.7. The molecule has 0 aromatic carbocycles. The van der Waals surface area contributed by atoms with Gasteiger partial charge in [-0.2, -0.15) is 0 Å². The molecule has 1 saturated carbocycles. The van der Waals surface area contributed by atoms with Crippen molar-refractivity contribution in [1.82, 2.24) is 9.97 Å². The molecule has 0 radical (unpaired) electrons. The van der Waals surface area contributed by atoms with Crippen molar-refractivity contribution in [3.8, 4) is 0 Å². The van der Waals surface area contributed by atoms with Gasteiger partial charge in [-0.15, -0.1) is 0 Å². The number of nitrogens with zero attached hydrogens (tertiary/aromatic N) is 2. The third-order valence-electron chi connectivity index (χ3n) is 2.87. The Hall–Kier alpha value is -0.960. The Balaban J connectivity index is 0.000000162. The van der Waals surface area contributed by atoms with Crippen LogP contribution in [-0.2, 0) is 0 Å². The highest BCUT2D eigenvalue weighted by Gasteiger charge is 2.16. The van der Waals surface area contributed by atoms with Gasteiger partial charge in [0.2, 0.25) is 0 Å². The summed E-state index contributed by atoms with van der Waals surface area (Å²) >= 11 is 0. The third-order valence-corrected chi connectivity index (χ3v) is 2.87. The van der Waals surface area contributed by atoms with Crippen LogP contribution in [0.25, 0.3) is 0 Å². The topological polar surface area (TPSA) is 46.0 Å². The zero-order valence-corrected chi connectivity index (χ0v) is 9.34.